The zero-order valence-corrected chi connectivity index (χ0v) is 11.3. The van der Waals surface area contributed by atoms with Crippen LogP contribution in [0.2, 0.25) is 0 Å². The molecule has 9 heteroatoms. The second-order valence-electron chi connectivity index (χ2n) is 4.30. The van der Waals surface area contributed by atoms with Gasteiger partial charge in [-0.3, -0.25) is 13.8 Å². The number of ether oxygens (including phenoxy) is 1. The zero-order valence-electron chi connectivity index (χ0n) is 10.4. The SMILES string of the molecule is O=COCCCOP(=O)(O)OC1CC(O)CCC1O. The first-order chi connectivity index (χ1) is 8.94. The summed E-state index contributed by atoms with van der Waals surface area (Å²) in [6, 6.07) is 0. The van der Waals surface area contributed by atoms with Gasteiger partial charge in [0.25, 0.3) is 6.47 Å². The lowest BCUT2D eigenvalue weighted by Crippen LogP contribution is -2.37. The third-order valence-electron chi connectivity index (χ3n) is 2.73. The van der Waals surface area contributed by atoms with Gasteiger partial charge >= 0.3 is 7.82 Å². The van der Waals surface area contributed by atoms with Gasteiger partial charge in [0.05, 0.1) is 31.5 Å². The highest BCUT2D eigenvalue weighted by Crippen LogP contribution is 2.46. The van der Waals surface area contributed by atoms with Gasteiger partial charge in [-0.15, -0.1) is 0 Å². The lowest BCUT2D eigenvalue weighted by atomic mass is 9.93. The van der Waals surface area contributed by atoms with E-state index in [0.717, 1.165) is 0 Å². The van der Waals surface area contributed by atoms with Crippen LogP contribution < -0.4 is 0 Å². The Bertz CT molecular complexity index is 323. The standard InChI is InChI=1S/C10H19O8P/c11-7-16-4-1-5-17-19(14,15)18-10-6-8(12)2-3-9(10)13/h7-10,12-13H,1-6H2,(H,14,15). The molecular formula is C10H19O8P. The van der Waals surface area contributed by atoms with E-state index >= 15 is 0 Å². The molecule has 1 rings (SSSR count). The highest BCUT2D eigenvalue weighted by Gasteiger charge is 2.35. The fraction of sp³-hybridized carbons (Fsp3) is 0.900. The van der Waals surface area contributed by atoms with E-state index in [4.69, 9.17) is 4.52 Å². The molecule has 0 saturated heterocycles. The van der Waals surface area contributed by atoms with Crippen LogP contribution in [0.3, 0.4) is 0 Å². The molecule has 0 aliphatic heterocycles. The second kappa shape index (κ2) is 7.94. The van der Waals surface area contributed by atoms with E-state index in [1.165, 1.54) is 0 Å². The van der Waals surface area contributed by atoms with Crippen molar-refractivity contribution in [3.63, 3.8) is 0 Å². The van der Waals surface area contributed by atoms with Gasteiger partial charge in [-0.2, -0.15) is 0 Å². The average Bonchev–Trinajstić information content (AvgIpc) is 2.33. The maximum Gasteiger partial charge on any atom is 0.472 e. The molecule has 1 aliphatic rings. The molecule has 0 heterocycles. The molecule has 1 aliphatic carbocycles. The molecule has 0 spiro atoms. The summed E-state index contributed by atoms with van der Waals surface area (Å²) in [5.41, 5.74) is 0. The van der Waals surface area contributed by atoms with Gasteiger partial charge in [-0.05, 0) is 12.8 Å². The fourth-order valence-corrected chi connectivity index (χ4v) is 2.77. The Morgan fingerprint density at radius 3 is 2.68 bits per heavy atom. The third-order valence-corrected chi connectivity index (χ3v) is 3.77. The predicted molar refractivity (Wildman–Crippen MR) is 63.1 cm³/mol. The average molecular weight is 298 g/mol. The zero-order chi connectivity index (χ0) is 14.3. The fourth-order valence-electron chi connectivity index (χ4n) is 1.78. The molecule has 1 fully saturated rings. The lowest BCUT2D eigenvalue weighted by molar-refractivity contribution is -0.128. The molecule has 0 aromatic rings. The molecular weight excluding hydrogens is 279 g/mol. The van der Waals surface area contributed by atoms with Gasteiger partial charge in [-0.1, -0.05) is 0 Å². The first-order valence-electron chi connectivity index (χ1n) is 6.01. The number of rotatable bonds is 8. The van der Waals surface area contributed by atoms with Gasteiger partial charge in [0.2, 0.25) is 0 Å². The van der Waals surface area contributed by atoms with Crippen LogP contribution in [0.4, 0.5) is 0 Å². The van der Waals surface area contributed by atoms with Crippen LogP contribution in [0, 0.1) is 0 Å². The van der Waals surface area contributed by atoms with Crippen molar-refractivity contribution < 1.29 is 38.3 Å². The molecule has 0 radical (unpaired) electrons. The number of carbonyl (C=O) groups is 1. The van der Waals surface area contributed by atoms with Crippen LogP contribution in [-0.2, 0) is 23.1 Å². The topological polar surface area (TPSA) is 123 Å². The predicted octanol–water partition coefficient (Wildman–Crippen LogP) is -0.0426. The number of aliphatic hydroxyl groups excluding tert-OH is 2. The minimum Gasteiger partial charge on any atom is -0.468 e. The van der Waals surface area contributed by atoms with E-state index in [-0.39, 0.29) is 32.5 Å². The minimum absolute atomic E-state index is 0.0776. The molecule has 112 valence electrons. The number of hydrogen-bond donors (Lipinski definition) is 3. The summed E-state index contributed by atoms with van der Waals surface area (Å²) < 4.78 is 25.5. The number of carbonyl (C=O) groups excluding carboxylic acids is 1. The summed E-state index contributed by atoms with van der Waals surface area (Å²) in [7, 11) is -4.29. The Hall–Kier alpha value is -0.500. The van der Waals surface area contributed by atoms with Gasteiger partial charge in [-0.25, -0.2) is 4.57 Å². The molecule has 8 nitrogen and oxygen atoms in total. The van der Waals surface area contributed by atoms with Crippen molar-refractivity contribution in [1.82, 2.24) is 0 Å². The van der Waals surface area contributed by atoms with E-state index in [2.05, 4.69) is 9.26 Å². The summed E-state index contributed by atoms with van der Waals surface area (Å²) in [6.07, 6.45) is -1.41. The van der Waals surface area contributed by atoms with Crippen molar-refractivity contribution in [3.05, 3.63) is 0 Å². The number of aliphatic hydroxyl groups is 2. The summed E-state index contributed by atoms with van der Waals surface area (Å²) in [5.74, 6) is 0. The first-order valence-corrected chi connectivity index (χ1v) is 7.51. The number of phosphoric acid groups is 1. The number of phosphoric ester groups is 1. The van der Waals surface area contributed by atoms with E-state index < -0.39 is 26.1 Å². The van der Waals surface area contributed by atoms with Crippen molar-refractivity contribution in [2.24, 2.45) is 0 Å². The van der Waals surface area contributed by atoms with Gasteiger partial charge in [0, 0.05) is 12.8 Å². The van der Waals surface area contributed by atoms with Crippen LogP contribution in [0.1, 0.15) is 25.7 Å². The molecule has 1 saturated carbocycles. The van der Waals surface area contributed by atoms with E-state index in [9.17, 15) is 24.5 Å². The van der Waals surface area contributed by atoms with Crippen molar-refractivity contribution >= 4 is 14.3 Å². The molecule has 4 unspecified atom stereocenters. The minimum atomic E-state index is -4.29. The third kappa shape index (κ3) is 6.47. The van der Waals surface area contributed by atoms with Crippen molar-refractivity contribution in [2.45, 2.75) is 44.0 Å². The van der Waals surface area contributed by atoms with Gasteiger partial charge in [0.15, 0.2) is 0 Å². The van der Waals surface area contributed by atoms with Gasteiger partial charge < -0.3 is 19.8 Å². The summed E-state index contributed by atoms with van der Waals surface area (Å²) in [4.78, 5) is 19.3. The Morgan fingerprint density at radius 2 is 2.00 bits per heavy atom. The normalized spacial score (nSPS) is 30.6. The second-order valence-corrected chi connectivity index (χ2v) is 5.71. The van der Waals surface area contributed by atoms with Crippen LogP contribution in [-0.4, -0.2) is 53.1 Å². The Balaban J connectivity index is 2.31. The van der Waals surface area contributed by atoms with Crippen molar-refractivity contribution in [3.8, 4) is 0 Å². The quantitative estimate of drug-likeness (QED) is 0.324. The molecule has 0 bridgehead atoms. The maximum atomic E-state index is 11.6. The molecule has 0 aromatic carbocycles. The molecule has 0 amide bonds. The maximum absolute atomic E-state index is 11.6. The van der Waals surface area contributed by atoms with E-state index in [1.807, 2.05) is 0 Å². The largest absolute Gasteiger partial charge is 0.472 e. The van der Waals surface area contributed by atoms with Crippen LogP contribution in [0.15, 0.2) is 0 Å². The molecule has 4 atom stereocenters. The van der Waals surface area contributed by atoms with Crippen molar-refractivity contribution in [1.29, 1.82) is 0 Å². The highest BCUT2D eigenvalue weighted by molar-refractivity contribution is 7.47. The highest BCUT2D eigenvalue weighted by atomic mass is 31.2. The Labute approximate surface area is 110 Å². The molecule has 0 aromatic heterocycles. The smallest absolute Gasteiger partial charge is 0.468 e. The monoisotopic (exact) mass is 298 g/mol. The van der Waals surface area contributed by atoms with Crippen LogP contribution >= 0.6 is 7.82 Å². The van der Waals surface area contributed by atoms with E-state index in [1.54, 1.807) is 0 Å². The molecule has 3 N–H and O–H groups in total. The number of hydrogen-bond acceptors (Lipinski definition) is 7. The van der Waals surface area contributed by atoms with Crippen molar-refractivity contribution in [2.75, 3.05) is 13.2 Å². The first kappa shape index (κ1) is 16.6. The molecule has 19 heavy (non-hydrogen) atoms. The van der Waals surface area contributed by atoms with E-state index in [0.29, 0.717) is 12.8 Å². The van der Waals surface area contributed by atoms with Gasteiger partial charge in [0.1, 0.15) is 0 Å². The summed E-state index contributed by atoms with van der Waals surface area (Å²) in [6.45, 7) is 0.232. The Morgan fingerprint density at radius 1 is 1.26 bits per heavy atom. The summed E-state index contributed by atoms with van der Waals surface area (Å²) >= 11 is 0. The van der Waals surface area contributed by atoms with Crippen LogP contribution in [0.25, 0.3) is 0 Å². The van der Waals surface area contributed by atoms with Crippen LogP contribution in [0.5, 0.6) is 0 Å². The Kier molecular flexibility index (Phi) is 6.92. The lowest BCUT2D eigenvalue weighted by Gasteiger charge is -2.31. The summed E-state index contributed by atoms with van der Waals surface area (Å²) in [5, 5.41) is 19.0.